The van der Waals surface area contributed by atoms with Gasteiger partial charge in [-0.2, -0.15) is 13.2 Å². The van der Waals surface area contributed by atoms with E-state index < -0.39 is 30.2 Å². The lowest BCUT2D eigenvalue weighted by atomic mass is 10.0. The van der Waals surface area contributed by atoms with Crippen LogP contribution in [-0.4, -0.2) is 36.8 Å². The monoisotopic (exact) mass is 320 g/mol. The highest BCUT2D eigenvalue weighted by molar-refractivity contribution is 5.24. The van der Waals surface area contributed by atoms with Crippen molar-refractivity contribution in [3.05, 3.63) is 35.4 Å². The van der Waals surface area contributed by atoms with Crippen molar-refractivity contribution in [2.45, 2.75) is 50.7 Å². The van der Waals surface area contributed by atoms with Crippen molar-refractivity contribution < 1.29 is 32.5 Å². The van der Waals surface area contributed by atoms with Crippen LogP contribution in [-0.2, 0) is 27.0 Å². The van der Waals surface area contributed by atoms with Crippen LogP contribution in [0.2, 0.25) is 0 Å². The van der Waals surface area contributed by atoms with E-state index in [2.05, 4.69) is 0 Å². The van der Waals surface area contributed by atoms with Gasteiger partial charge in [0.05, 0.1) is 24.4 Å². The first-order valence-electron chi connectivity index (χ1n) is 6.95. The van der Waals surface area contributed by atoms with Crippen LogP contribution >= 0.6 is 0 Å². The molecule has 124 valence electrons. The highest BCUT2D eigenvalue weighted by atomic mass is 19.4. The zero-order valence-electron chi connectivity index (χ0n) is 12.3. The number of hydrogen-bond acceptors (Lipinski definition) is 4. The molecular formula is C15H19F3O4. The molecule has 1 aromatic rings. The van der Waals surface area contributed by atoms with Crippen LogP contribution in [0.25, 0.3) is 0 Å². The van der Waals surface area contributed by atoms with Gasteiger partial charge < -0.3 is 19.3 Å². The molecular weight excluding hydrogens is 301 g/mol. The predicted octanol–water partition coefficient (Wildman–Crippen LogP) is 2.73. The molecule has 0 unspecified atom stereocenters. The number of halogens is 3. The van der Waals surface area contributed by atoms with Crippen LogP contribution in [0.3, 0.4) is 0 Å². The Bertz CT molecular complexity index is 463. The smallest absolute Gasteiger partial charge is 0.390 e. The lowest BCUT2D eigenvalue weighted by Gasteiger charge is -2.37. The summed E-state index contributed by atoms with van der Waals surface area (Å²) < 4.78 is 53.6. The fraction of sp³-hybridized carbons (Fsp3) is 0.600. The Morgan fingerprint density at radius 2 is 1.91 bits per heavy atom. The molecule has 0 aliphatic carbocycles. The first-order valence-corrected chi connectivity index (χ1v) is 6.95. The zero-order valence-corrected chi connectivity index (χ0v) is 12.3. The number of alkyl halides is 3. The normalized spacial score (nSPS) is 29.5. The third kappa shape index (κ3) is 4.19. The average molecular weight is 320 g/mol. The summed E-state index contributed by atoms with van der Waals surface area (Å²) >= 11 is 0. The molecule has 1 aliphatic rings. The molecule has 1 saturated heterocycles. The minimum atomic E-state index is -4.35. The van der Waals surface area contributed by atoms with E-state index in [1.165, 1.54) is 19.2 Å². The minimum Gasteiger partial charge on any atom is -0.390 e. The summed E-state index contributed by atoms with van der Waals surface area (Å²) in [6.07, 6.45) is -6.20. The van der Waals surface area contributed by atoms with Gasteiger partial charge in [-0.05, 0) is 24.6 Å². The number of hydrogen-bond donors (Lipinski definition) is 1. The first kappa shape index (κ1) is 17.2. The summed E-state index contributed by atoms with van der Waals surface area (Å²) in [4.78, 5) is 0. The van der Waals surface area contributed by atoms with E-state index in [0.29, 0.717) is 12.0 Å². The number of aliphatic hydroxyl groups excluding tert-OH is 1. The van der Waals surface area contributed by atoms with Crippen LogP contribution in [0.5, 0.6) is 0 Å². The summed E-state index contributed by atoms with van der Waals surface area (Å²) in [5.41, 5.74) is -0.102. The molecule has 22 heavy (non-hydrogen) atoms. The van der Waals surface area contributed by atoms with Crippen molar-refractivity contribution in [2.75, 3.05) is 7.11 Å². The molecule has 0 amide bonds. The van der Waals surface area contributed by atoms with Gasteiger partial charge in [0.1, 0.15) is 6.10 Å². The van der Waals surface area contributed by atoms with E-state index >= 15 is 0 Å². The van der Waals surface area contributed by atoms with Crippen molar-refractivity contribution >= 4 is 0 Å². The van der Waals surface area contributed by atoms with Crippen LogP contribution in [0, 0.1) is 0 Å². The number of aliphatic hydroxyl groups is 1. The molecule has 0 aromatic heterocycles. The molecule has 0 saturated carbocycles. The van der Waals surface area contributed by atoms with Gasteiger partial charge in [-0.25, -0.2) is 0 Å². The zero-order chi connectivity index (χ0) is 16.3. The lowest BCUT2D eigenvalue weighted by molar-refractivity contribution is -0.249. The quantitative estimate of drug-likeness (QED) is 0.927. The van der Waals surface area contributed by atoms with E-state index in [9.17, 15) is 18.3 Å². The van der Waals surface area contributed by atoms with Gasteiger partial charge in [0.2, 0.25) is 0 Å². The minimum absolute atomic E-state index is 0.102. The summed E-state index contributed by atoms with van der Waals surface area (Å²) in [5.74, 6) is 0. The van der Waals surface area contributed by atoms with Gasteiger partial charge in [-0.1, -0.05) is 12.1 Å². The van der Waals surface area contributed by atoms with E-state index in [1.54, 1.807) is 6.92 Å². The number of methoxy groups -OCH3 is 1. The van der Waals surface area contributed by atoms with Gasteiger partial charge >= 0.3 is 6.18 Å². The topological polar surface area (TPSA) is 47.9 Å². The molecule has 1 N–H and O–H groups in total. The Morgan fingerprint density at radius 1 is 1.27 bits per heavy atom. The van der Waals surface area contributed by atoms with E-state index in [1.807, 2.05) is 0 Å². The van der Waals surface area contributed by atoms with E-state index in [-0.39, 0.29) is 12.7 Å². The third-order valence-corrected chi connectivity index (χ3v) is 3.63. The van der Waals surface area contributed by atoms with E-state index in [0.717, 1.165) is 12.1 Å². The second-order valence-electron chi connectivity index (χ2n) is 5.28. The molecule has 0 spiro atoms. The molecule has 7 heteroatoms. The van der Waals surface area contributed by atoms with Gasteiger partial charge in [0, 0.05) is 13.5 Å². The molecule has 1 aromatic carbocycles. The van der Waals surface area contributed by atoms with Crippen LogP contribution in [0.1, 0.15) is 24.5 Å². The summed E-state index contributed by atoms with van der Waals surface area (Å²) in [6.45, 7) is 1.86. The van der Waals surface area contributed by atoms with Crippen LogP contribution in [0.15, 0.2) is 24.3 Å². The van der Waals surface area contributed by atoms with Crippen molar-refractivity contribution in [1.29, 1.82) is 0 Å². The molecule has 1 aliphatic heterocycles. The largest absolute Gasteiger partial charge is 0.416 e. The standard InChI is InChI=1S/C15H19F3O4/c1-9-14(12(19)7-13(20-2)22-9)21-8-10-3-5-11(6-4-10)15(16,17)18/h3-6,9,12-14,19H,7-8H2,1-2H3/t9-,12-,13+,14-/m0/s1. The van der Waals surface area contributed by atoms with Crippen molar-refractivity contribution in [3.8, 4) is 0 Å². The predicted molar refractivity (Wildman–Crippen MR) is 72.0 cm³/mol. The second kappa shape index (κ2) is 6.95. The van der Waals surface area contributed by atoms with Crippen molar-refractivity contribution in [2.24, 2.45) is 0 Å². The van der Waals surface area contributed by atoms with Crippen molar-refractivity contribution in [1.82, 2.24) is 0 Å². The lowest BCUT2D eigenvalue weighted by Crippen LogP contribution is -2.48. The van der Waals surface area contributed by atoms with Crippen LogP contribution in [0.4, 0.5) is 13.2 Å². The Balaban J connectivity index is 1.92. The Labute approximate surface area is 126 Å². The number of benzene rings is 1. The van der Waals surface area contributed by atoms with Gasteiger partial charge in [0.15, 0.2) is 6.29 Å². The molecule has 4 nitrogen and oxygen atoms in total. The summed E-state index contributed by atoms with van der Waals surface area (Å²) in [7, 11) is 1.49. The maximum absolute atomic E-state index is 12.5. The van der Waals surface area contributed by atoms with Gasteiger partial charge in [-0.3, -0.25) is 0 Å². The Kier molecular flexibility index (Phi) is 5.44. The highest BCUT2D eigenvalue weighted by Crippen LogP contribution is 2.29. The van der Waals surface area contributed by atoms with Gasteiger partial charge in [0.25, 0.3) is 0 Å². The highest BCUT2D eigenvalue weighted by Gasteiger charge is 2.36. The molecule has 1 heterocycles. The maximum atomic E-state index is 12.5. The fourth-order valence-corrected chi connectivity index (χ4v) is 2.40. The SMILES string of the molecule is CO[C@H]1C[C@H](O)[C@@H](OCc2ccc(C(F)(F)F)cc2)[C@H](C)O1. The van der Waals surface area contributed by atoms with Crippen LogP contribution < -0.4 is 0 Å². The second-order valence-corrected chi connectivity index (χ2v) is 5.28. The number of rotatable bonds is 4. The third-order valence-electron chi connectivity index (χ3n) is 3.63. The maximum Gasteiger partial charge on any atom is 0.416 e. The van der Waals surface area contributed by atoms with Gasteiger partial charge in [-0.15, -0.1) is 0 Å². The molecule has 2 rings (SSSR count). The molecule has 0 bridgehead atoms. The summed E-state index contributed by atoms with van der Waals surface area (Å²) in [6, 6.07) is 4.75. The fourth-order valence-electron chi connectivity index (χ4n) is 2.40. The molecule has 4 atom stereocenters. The summed E-state index contributed by atoms with van der Waals surface area (Å²) in [5, 5.41) is 10.0. The number of ether oxygens (including phenoxy) is 3. The average Bonchev–Trinajstić information content (AvgIpc) is 2.45. The molecule has 1 fully saturated rings. The van der Waals surface area contributed by atoms with E-state index in [4.69, 9.17) is 14.2 Å². The van der Waals surface area contributed by atoms with Crippen molar-refractivity contribution in [3.63, 3.8) is 0 Å². The Hall–Kier alpha value is -1.15. The Morgan fingerprint density at radius 3 is 2.41 bits per heavy atom. The first-order chi connectivity index (χ1) is 10.3. The molecule has 0 radical (unpaired) electrons.